The van der Waals surface area contributed by atoms with Crippen LogP contribution in [0.2, 0.25) is 0 Å². The number of aromatic nitrogens is 2. The first-order valence-electron chi connectivity index (χ1n) is 6.44. The molecular weight excluding hydrogens is 272 g/mol. The summed E-state index contributed by atoms with van der Waals surface area (Å²) in [7, 11) is 0. The van der Waals surface area contributed by atoms with Crippen molar-refractivity contribution in [2.45, 2.75) is 13.3 Å². The largest absolute Gasteiger partial charge is 0.507 e. The lowest BCUT2D eigenvalue weighted by atomic mass is 10.1. The van der Waals surface area contributed by atoms with Gasteiger partial charge in [0.2, 0.25) is 0 Å². The molecular formula is C15H12N2O4. The Morgan fingerprint density at radius 1 is 1.33 bits per heavy atom. The number of hydrogen-bond acceptors (Lipinski definition) is 4. The molecule has 3 aromatic rings. The van der Waals surface area contributed by atoms with E-state index in [-0.39, 0.29) is 22.7 Å². The quantitative estimate of drug-likeness (QED) is 0.700. The Hall–Kier alpha value is -2.89. The summed E-state index contributed by atoms with van der Waals surface area (Å²) in [4.78, 5) is 28.1. The normalized spacial score (nSPS) is 11.1. The van der Waals surface area contributed by atoms with Gasteiger partial charge in [0.25, 0.3) is 5.56 Å². The third kappa shape index (κ3) is 1.84. The predicted octanol–water partition coefficient (Wildman–Crippen LogP) is 1.81. The number of benzene rings is 1. The molecule has 0 aliphatic rings. The van der Waals surface area contributed by atoms with Crippen LogP contribution in [0.15, 0.2) is 35.1 Å². The lowest BCUT2D eigenvalue weighted by Gasteiger charge is -2.10. The summed E-state index contributed by atoms with van der Waals surface area (Å²) in [6.07, 6.45) is 0.320. The van der Waals surface area contributed by atoms with Crippen LogP contribution in [0.3, 0.4) is 0 Å². The number of aromatic carboxylic acids is 1. The molecule has 106 valence electrons. The maximum atomic E-state index is 12.5. The molecule has 6 nitrogen and oxygen atoms in total. The predicted molar refractivity (Wildman–Crippen MR) is 77.0 cm³/mol. The Bertz CT molecular complexity index is 944. The highest BCUT2D eigenvalue weighted by atomic mass is 16.4. The minimum Gasteiger partial charge on any atom is -0.507 e. The molecule has 21 heavy (non-hydrogen) atoms. The number of pyridine rings is 1. The van der Waals surface area contributed by atoms with Crippen LogP contribution >= 0.6 is 0 Å². The molecule has 0 saturated heterocycles. The average molecular weight is 284 g/mol. The first kappa shape index (κ1) is 13.1. The summed E-state index contributed by atoms with van der Waals surface area (Å²) in [5, 5.41) is 19.8. The molecule has 0 atom stereocenters. The molecule has 6 heteroatoms. The van der Waals surface area contributed by atoms with Crippen LogP contribution in [-0.2, 0) is 6.42 Å². The molecule has 0 aliphatic carbocycles. The highest BCUT2D eigenvalue weighted by molar-refractivity contribution is 5.91. The zero-order valence-electron chi connectivity index (χ0n) is 11.2. The third-order valence-electron chi connectivity index (χ3n) is 3.42. The number of carbonyl (C=O) groups is 1. The highest BCUT2D eigenvalue weighted by Crippen LogP contribution is 2.25. The lowest BCUT2D eigenvalue weighted by Crippen LogP contribution is -2.26. The number of hydrogen-bond donors (Lipinski definition) is 2. The maximum absolute atomic E-state index is 12.5. The second kappa shape index (κ2) is 4.59. The van der Waals surface area contributed by atoms with Crippen molar-refractivity contribution in [2.24, 2.45) is 0 Å². The van der Waals surface area contributed by atoms with Crippen LogP contribution in [0.25, 0.3) is 16.6 Å². The summed E-state index contributed by atoms with van der Waals surface area (Å²) in [5.41, 5.74) is -0.0956. The second-order valence-corrected chi connectivity index (χ2v) is 4.64. The second-order valence-electron chi connectivity index (χ2n) is 4.64. The van der Waals surface area contributed by atoms with E-state index < -0.39 is 11.5 Å². The minimum absolute atomic E-state index is 0.00243. The smallest absolute Gasteiger partial charge is 0.343 e. The third-order valence-corrected chi connectivity index (χ3v) is 3.42. The summed E-state index contributed by atoms with van der Waals surface area (Å²) in [6.45, 7) is 1.73. The van der Waals surface area contributed by atoms with Gasteiger partial charge in [-0.15, -0.1) is 0 Å². The molecule has 0 radical (unpaired) electrons. The van der Waals surface area contributed by atoms with Crippen LogP contribution in [0.5, 0.6) is 5.75 Å². The van der Waals surface area contributed by atoms with Crippen LogP contribution in [0, 0.1) is 0 Å². The SMILES string of the molecule is CCc1nc2cc(O)c3ccccc3n2c(=O)c1C(=O)O. The molecule has 0 bridgehead atoms. The first-order chi connectivity index (χ1) is 10.0. The van der Waals surface area contributed by atoms with Gasteiger partial charge >= 0.3 is 5.97 Å². The molecule has 0 amide bonds. The zero-order chi connectivity index (χ0) is 15.1. The average Bonchev–Trinajstić information content (AvgIpc) is 2.46. The van der Waals surface area contributed by atoms with Crippen LogP contribution in [0.4, 0.5) is 0 Å². The molecule has 0 unspecified atom stereocenters. The zero-order valence-corrected chi connectivity index (χ0v) is 11.2. The van der Waals surface area contributed by atoms with E-state index in [9.17, 15) is 19.8 Å². The van der Waals surface area contributed by atoms with E-state index in [2.05, 4.69) is 4.98 Å². The fourth-order valence-electron chi connectivity index (χ4n) is 2.47. The molecule has 0 aliphatic heterocycles. The number of aryl methyl sites for hydroxylation is 1. The molecule has 1 aromatic carbocycles. The number of aromatic hydroxyl groups is 1. The number of carboxylic acids is 1. The standard InChI is InChI=1S/C15H12N2O4/c1-2-9-13(15(20)21)14(19)17-10-6-4-3-5-8(10)11(18)7-12(17)16-9/h3-7,18H,2H2,1H3,(H,20,21). The van der Waals surface area contributed by atoms with Gasteiger partial charge in [0.05, 0.1) is 11.2 Å². The van der Waals surface area contributed by atoms with Crippen molar-refractivity contribution in [1.29, 1.82) is 0 Å². The van der Waals surface area contributed by atoms with Gasteiger partial charge < -0.3 is 10.2 Å². The number of fused-ring (bicyclic) bond motifs is 3. The molecule has 0 saturated carbocycles. The summed E-state index contributed by atoms with van der Waals surface area (Å²) >= 11 is 0. The summed E-state index contributed by atoms with van der Waals surface area (Å²) in [5.74, 6) is -1.29. The van der Waals surface area contributed by atoms with Crippen molar-refractivity contribution in [3.8, 4) is 5.75 Å². The number of carboxylic acid groups (broad SMARTS) is 1. The highest BCUT2D eigenvalue weighted by Gasteiger charge is 2.19. The van der Waals surface area contributed by atoms with Crippen molar-refractivity contribution in [2.75, 3.05) is 0 Å². The van der Waals surface area contributed by atoms with Gasteiger partial charge in [0.1, 0.15) is 17.0 Å². The van der Waals surface area contributed by atoms with E-state index in [0.29, 0.717) is 17.3 Å². The van der Waals surface area contributed by atoms with Gasteiger partial charge in [-0.3, -0.25) is 9.20 Å². The Labute approximate surface area is 118 Å². The van der Waals surface area contributed by atoms with Crippen molar-refractivity contribution in [3.05, 3.63) is 51.9 Å². The van der Waals surface area contributed by atoms with E-state index >= 15 is 0 Å². The summed E-state index contributed by atoms with van der Waals surface area (Å²) < 4.78 is 1.22. The van der Waals surface area contributed by atoms with Crippen LogP contribution in [-0.4, -0.2) is 25.6 Å². The van der Waals surface area contributed by atoms with Crippen LogP contribution < -0.4 is 5.56 Å². The summed E-state index contributed by atoms with van der Waals surface area (Å²) in [6, 6.07) is 8.11. The van der Waals surface area contributed by atoms with Crippen molar-refractivity contribution in [1.82, 2.24) is 9.38 Å². The van der Waals surface area contributed by atoms with Crippen molar-refractivity contribution >= 4 is 22.5 Å². The van der Waals surface area contributed by atoms with Gasteiger partial charge in [-0.1, -0.05) is 19.1 Å². The maximum Gasteiger partial charge on any atom is 0.343 e. The van der Waals surface area contributed by atoms with Crippen LogP contribution in [0.1, 0.15) is 23.0 Å². The van der Waals surface area contributed by atoms with Crippen molar-refractivity contribution in [3.63, 3.8) is 0 Å². The molecule has 2 N–H and O–H groups in total. The van der Waals surface area contributed by atoms with Crippen molar-refractivity contribution < 1.29 is 15.0 Å². The molecule has 0 fully saturated rings. The monoisotopic (exact) mass is 284 g/mol. The van der Waals surface area contributed by atoms with Gasteiger partial charge in [0, 0.05) is 11.5 Å². The molecule has 2 heterocycles. The Kier molecular flexibility index (Phi) is 2.86. The van der Waals surface area contributed by atoms with E-state index in [1.807, 2.05) is 0 Å². The topological polar surface area (TPSA) is 91.9 Å². The Balaban J connectivity index is 2.63. The van der Waals surface area contributed by atoms with Gasteiger partial charge in [-0.2, -0.15) is 0 Å². The Morgan fingerprint density at radius 3 is 2.71 bits per heavy atom. The van der Waals surface area contributed by atoms with Gasteiger partial charge in [-0.05, 0) is 18.6 Å². The van der Waals surface area contributed by atoms with E-state index in [0.717, 1.165) is 0 Å². The Morgan fingerprint density at radius 2 is 2.05 bits per heavy atom. The fourth-order valence-corrected chi connectivity index (χ4v) is 2.47. The van der Waals surface area contributed by atoms with E-state index in [1.54, 1.807) is 31.2 Å². The van der Waals surface area contributed by atoms with E-state index in [1.165, 1.54) is 10.5 Å². The minimum atomic E-state index is -1.30. The molecule has 3 rings (SSSR count). The van der Waals surface area contributed by atoms with Gasteiger partial charge in [-0.25, -0.2) is 9.78 Å². The molecule has 2 aromatic heterocycles. The first-order valence-corrected chi connectivity index (χ1v) is 6.44. The van der Waals surface area contributed by atoms with E-state index in [4.69, 9.17) is 0 Å². The number of para-hydroxylation sites is 1. The lowest BCUT2D eigenvalue weighted by molar-refractivity contribution is 0.0693. The molecule has 0 spiro atoms. The number of nitrogens with zero attached hydrogens (tertiary/aromatic N) is 2. The fraction of sp³-hybridized carbons (Fsp3) is 0.133. The number of rotatable bonds is 2. The van der Waals surface area contributed by atoms with Gasteiger partial charge in [0.15, 0.2) is 0 Å².